The van der Waals surface area contributed by atoms with E-state index >= 15 is 0 Å². The molecular formula is C13H21NO. The van der Waals surface area contributed by atoms with Crippen LogP contribution in [0.2, 0.25) is 0 Å². The van der Waals surface area contributed by atoms with E-state index in [9.17, 15) is 0 Å². The van der Waals surface area contributed by atoms with Gasteiger partial charge in [-0.25, -0.2) is 0 Å². The van der Waals surface area contributed by atoms with Crippen LogP contribution in [0.15, 0.2) is 30.3 Å². The summed E-state index contributed by atoms with van der Waals surface area (Å²) in [5, 5.41) is 8.64. The van der Waals surface area contributed by atoms with Crippen LogP contribution >= 0.6 is 0 Å². The quantitative estimate of drug-likeness (QED) is 0.673. The highest BCUT2D eigenvalue weighted by atomic mass is 16.2. The first-order valence-electron chi connectivity index (χ1n) is 5.73. The van der Waals surface area contributed by atoms with Gasteiger partial charge in [0, 0.05) is 12.6 Å². The summed E-state index contributed by atoms with van der Waals surface area (Å²) in [6, 6.07) is 10.6. The van der Waals surface area contributed by atoms with Crippen LogP contribution in [0.3, 0.4) is 0 Å². The second-order valence-electron chi connectivity index (χ2n) is 4.02. The molecule has 0 fully saturated rings. The number of unbranched alkanes of at least 4 members (excludes halogenated alkanes) is 2. The minimum atomic E-state index is 0.256. The maximum absolute atomic E-state index is 8.64. The molecule has 0 bridgehead atoms. The van der Waals surface area contributed by atoms with Crippen LogP contribution in [0.1, 0.15) is 31.2 Å². The predicted octanol–water partition coefficient (Wildman–Crippen LogP) is 2.11. The summed E-state index contributed by atoms with van der Waals surface area (Å²) < 4.78 is 0. The van der Waals surface area contributed by atoms with Crippen molar-refractivity contribution >= 4 is 0 Å². The fourth-order valence-electron chi connectivity index (χ4n) is 1.71. The van der Waals surface area contributed by atoms with Gasteiger partial charge >= 0.3 is 0 Å². The molecule has 1 unspecified atom stereocenters. The highest BCUT2D eigenvalue weighted by Crippen LogP contribution is 2.07. The van der Waals surface area contributed by atoms with Crippen molar-refractivity contribution in [2.45, 2.75) is 38.1 Å². The molecule has 0 heterocycles. The molecule has 0 aliphatic heterocycles. The van der Waals surface area contributed by atoms with Gasteiger partial charge < -0.3 is 10.8 Å². The Labute approximate surface area is 92.1 Å². The largest absolute Gasteiger partial charge is 0.396 e. The number of hydrogen-bond donors (Lipinski definition) is 2. The highest BCUT2D eigenvalue weighted by molar-refractivity contribution is 5.15. The molecule has 1 aromatic rings. The van der Waals surface area contributed by atoms with Crippen molar-refractivity contribution in [3.8, 4) is 0 Å². The summed E-state index contributed by atoms with van der Waals surface area (Å²) in [4.78, 5) is 0. The van der Waals surface area contributed by atoms with Gasteiger partial charge in [-0.2, -0.15) is 0 Å². The van der Waals surface area contributed by atoms with Crippen molar-refractivity contribution in [3.05, 3.63) is 35.9 Å². The zero-order valence-corrected chi connectivity index (χ0v) is 9.23. The minimum absolute atomic E-state index is 0.256. The smallest absolute Gasteiger partial charge is 0.0431 e. The number of hydrogen-bond acceptors (Lipinski definition) is 2. The van der Waals surface area contributed by atoms with E-state index < -0.39 is 0 Å². The molecule has 1 atom stereocenters. The van der Waals surface area contributed by atoms with Gasteiger partial charge in [0.05, 0.1) is 0 Å². The molecule has 0 saturated heterocycles. The lowest BCUT2D eigenvalue weighted by Crippen LogP contribution is -2.22. The molecule has 0 aliphatic rings. The molecule has 1 aromatic carbocycles. The average molecular weight is 207 g/mol. The third kappa shape index (κ3) is 5.55. The zero-order valence-electron chi connectivity index (χ0n) is 9.23. The van der Waals surface area contributed by atoms with Crippen molar-refractivity contribution < 1.29 is 5.11 Å². The van der Waals surface area contributed by atoms with Crippen molar-refractivity contribution in [1.29, 1.82) is 0 Å². The summed E-state index contributed by atoms with van der Waals surface area (Å²) >= 11 is 0. The lowest BCUT2D eigenvalue weighted by atomic mass is 10.0. The van der Waals surface area contributed by atoms with Crippen molar-refractivity contribution in [2.75, 3.05) is 6.61 Å². The number of benzene rings is 1. The Morgan fingerprint density at radius 3 is 2.47 bits per heavy atom. The Morgan fingerprint density at radius 1 is 1.07 bits per heavy atom. The first-order valence-corrected chi connectivity index (χ1v) is 5.73. The highest BCUT2D eigenvalue weighted by Gasteiger charge is 2.03. The molecule has 0 radical (unpaired) electrons. The monoisotopic (exact) mass is 207 g/mol. The second-order valence-corrected chi connectivity index (χ2v) is 4.02. The fraction of sp³-hybridized carbons (Fsp3) is 0.538. The van der Waals surface area contributed by atoms with Gasteiger partial charge in [-0.3, -0.25) is 0 Å². The van der Waals surface area contributed by atoms with E-state index in [0.29, 0.717) is 6.61 Å². The summed E-state index contributed by atoms with van der Waals surface area (Å²) in [5.74, 6) is 0. The Bertz CT molecular complexity index is 248. The molecule has 3 N–H and O–H groups in total. The lowest BCUT2D eigenvalue weighted by molar-refractivity contribution is 0.282. The molecule has 2 heteroatoms. The molecule has 0 amide bonds. The third-order valence-electron chi connectivity index (χ3n) is 2.57. The molecule has 1 rings (SSSR count). The van der Waals surface area contributed by atoms with Gasteiger partial charge in [-0.15, -0.1) is 0 Å². The first-order chi connectivity index (χ1) is 7.33. The molecule has 0 aliphatic carbocycles. The summed E-state index contributed by atoms with van der Waals surface area (Å²) in [7, 11) is 0. The average Bonchev–Trinajstić information content (AvgIpc) is 2.26. The number of rotatable bonds is 7. The van der Waals surface area contributed by atoms with E-state index in [4.69, 9.17) is 10.8 Å². The Kier molecular flexibility index (Phi) is 6.05. The van der Waals surface area contributed by atoms with E-state index in [1.807, 2.05) is 18.2 Å². The van der Waals surface area contributed by atoms with Crippen molar-refractivity contribution in [2.24, 2.45) is 5.73 Å². The van der Waals surface area contributed by atoms with Crippen LogP contribution in [-0.2, 0) is 6.42 Å². The predicted molar refractivity (Wildman–Crippen MR) is 63.7 cm³/mol. The molecule has 84 valence electrons. The van der Waals surface area contributed by atoms with E-state index in [-0.39, 0.29) is 6.04 Å². The lowest BCUT2D eigenvalue weighted by Gasteiger charge is -2.11. The molecule has 15 heavy (non-hydrogen) atoms. The molecule has 0 spiro atoms. The van der Waals surface area contributed by atoms with E-state index in [1.54, 1.807) is 0 Å². The van der Waals surface area contributed by atoms with Gasteiger partial charge in [0.1, 0.15) is 0 Å². The van der Waals surface area contributed by atoms with Gasteiger partial charge in [-0.05, 0) is 24.8 Å². The Morgan fingerprint density at radius 2 is 1.80 bits per heavy atom. The van der Waals surface area contributed by atoms with Crippen LogP contribution in [0.5, 0.6) is 0 Å². The van der Waals surface area contributed by atoms with Crippen LogP contribution in [0.4, 0.5) is 0 Å². The normalized spacial score (nSPS) is 12.7. The van der Waals surface area contributed by atoms with Crippen molar-refractivity contribution in [3.63, 3.8) is 0 Å². The maximum Gasteiger partial charge on any atom is 0.0431 e. The van der Waals surface area contributed by atoms with Gasteiger partial charge in [0.15, 0.2) is 0 Å². The van der Waals surface area contributed by atoms with Gasteiger partial charge in [0.2, 0.25) is 0 Å². The third-order valence-corrected chi connectivity index (χ3v) is 2.57. The maximum atomic E-state index is 8.64. The van der Waals surface area contributed by atoms with Gasteiger partial charge in [0.25, 0.3) is 0 Å². The summed E-state index contributed by atoms with van der Waals surface area (Å²) in [6.45, 7) is 0.300. The Balaban J connectivity index is 2.16. The zero-order chi connectivity index (χ0) is 10.9. The van der Waals surface area contributed by atoms with Crippen LogP contribution < -0.4 is 5.73 Å². The summed E-state index contributed by atoms with van der Waals surface area (Å²) in [5.41, 5.74) is 7.34. The van der Waals surface area contributed by atoms with Crippen LogP contribution in [-0.4, -0.2) is 17.8 Å². The standard InChI is InChI=1S/C13H21NO/c14-13(9-5-2-6-10-15)11-12-7-3-1-4-8-12/h1,3-4,7-8,13,15H,2,5-6,9-11,14H2. The second kappa shape index (κ2) is 7.43. The molecule has 2 nitrogen and oxygen atoms in total. The number of aliphatic hydroxyl groups excluding tert-OH is 1. The number of nitrogens with two attached hydrogens (primary N) is 1. The first kappa shape index (κ1) is 12.2. The SMILES string of the molecule is NC(CCCCCO)Cc1ccccc1. The molecule has 0 saturated carbocycles. The summed E-state index contributed by atoms with van der Waals surface area (Å²) in [6.07, 6.45) is 5.11. The van der Waals surface area contributed by atoms with Crippen LogP contribution in [0.25, 0.3) is 0 Å². The van der Waals surface area contributed by atoms with E-state index in [2.05, 4.69) is 12.1 Å². The molecular weight excluding hydrogens is 186 g/mol. The van der Waals surface area contributed by atoms with Crippen molar-refractivity contribution in [1.82, 2.24) is 0 Å². The number of aliphatic hydroxyl groups is 1. The van der Waals surface area contributed by atoms with Gasteiger partial charge in [-0.1, -0.05) is 43.2 Å². The van der Waals surface area contributed by atoms with E-state index in [1.165, 1.54) is 5.56 Å². The molecule has 0 aromatic heterocycles. The Hall–Kier alpha value is -0.860. The minimum Gasteiger partial charge on any atom is -0.396 e. The van der Waals surface area contributed by atoms with E-state index in [0.717, 1.165) is 32.1 Å². The fourth-order valence-corrected chi connectivity index (χ4v) is 1.71. The topological polar surface area (TPSA) is 46.2 Å². The van der Waals surface area contributed by atoms with Crippen LogP contribution in [0, 0.1) is 0 Å².